The summed E-state index contributed by atoms with van der Waals surface area (Å²) < 4.78 is 13.6. The highest BCUT2D eigenvalue weighted by Crippen LogP contribution is 2.35. The molecule has 1 unspecified atom stereocenters. The van der Waals surface area contributed by atoms with Crippen molar-refractivity contribution < 1.29 is 19.1 Å². The van der Waals surface area contributed by atoms with Crippen LogP contribution in [0.1, 0.15) is 62.9 Å². The Hall–Kier alpha value is -3.32. The molecule has 0 aliphatic carbocycles. The number of carbonyl (C=O) groups excluding carboxylic acids is 2. The SMILES string of the molecule is CC(Oc1ccc2c(c1)cc(-c1cccc3c1C(=O)NC3)n2C(=O)OC(C)(C)C)N1CCCCC1. The van der Waals surface area contributed by atoms with Crippen molar-refractivity contribution >= 4 is 22.9 Å². The number of hydrogen-bond donors (Lipinski definition) is 1. The average molecular weight is 476 g/mol. The Labute approximate surface area is 206 Å². The van der Waals surface area contributed by atoms with E-state index in [1.807, 2.05) is 63.2 Å². The van der Waals surface area contributed by atoms with Gasteiger partial charge in [-0.2, -0.15) is 0 Å². The Balaban J connectivity index is 1.58. The number of carbonyl (C=O) groups is 2. The molecule has 3 aromatic rings. The first-order valence-corrected chi connectivity index (χ1v) is 12.4. The molecule has 1 atom stereocenters. The monoisotopic (exact) mass is 475 g/mol. The fourth-order valence-corrected chi connectivity index (χ4v) is 5.02. The zero-order valence-electron chi connectivity index (χ0n) is 20.9. The minimum atomic E-state index is -0.659. The van der Waals surface area contributed by atoms with E-state index in [9.17, 15) is 9.59 Å². The fraction of sp³-hybridized carbons (Fsp3) is 0.429. The van der Waals surface area contributed by atoms with Crippen molar-refractivity contribution in [1.82, 2.24) is 14.8 Å². The van der Waals surface area contributed by atoms with E-state index in [1.54, 1.807) is 4.57 Å². The summed E-state index contributed by atoms with van der Waals surface area (Å²) in [5, 5.41) is 3.74. The van der Waals surface area contributed by atoms with E-state index in [2.05, 4.69) is 17.1 Å². The number of nitrogens with zero attached hydrogens (tertiary/aromatic N) is 2. The summed E-state index contributed by atoms with van der Waals surface area (Å²) in [5.41, 5.74) is 2.92. The molecule has 0 spiro atoms. The summed E-state index contributed by atoms with van der Waals surface area (Å²) in [6.45, 7) is 10.2. The van der Waals surface area contributed by atoms with Gasteiger partial charge in [0.1, 0.15) is 17.6 Å². The fourth-order valence-electron chi connectivity index (χ4n) is 5.02. The van der Waals surface area contributed by atoms with Gasteiger partial charge in [0, 0.05) is 30.6 Å². The lowest BCUT2D eigenvalue weighted by atomic mass is 10.0. The van der Waals surface area contributed by atoms with Gasteiger partial charge in [0.05, 0.1) is 16.8 Å². The second-order valence-corrected chi connectivity index (χ2v) is 10.4. The minimum Gasteiger partial charge on any atom is -0.475 e. The normalized spacial score (nSPS) is 17.2. The minimum absolute atomic E-state index is 0.0266. The van der Waals surface area contributed by atoms with Crippen molar-refractivity contribution in [2.45, 2.75) is 65.3 Å². The van der Waals surface area contributed by atoms with Crippen LogP contribution in [-0.4, -0.2) is 46.4 Å². The van der Waals surface area contributed by atoms with Crippen LogP contribution in [0.15, 0.2) is 42.5 Å². The Morgan fingerprint density at radius 2 is 1.83 bits per heavy atom. The highest BCUT2D eigenvalue weighted by atomic mass is 16.6. The molecule has 7 heteroatoms. The van der Waals surface area contributed by atoms with Gasteiger partial charge >= 0.3 is 6.09 Å². The summed E-state index contributed by atoms with van der Waals surface area (Å²) in [6.07, 6.45) is 3.17. The Morgan fingerprint density at radius 1 is 1.06 bits per heavy atom. The number of nitrogens with one attached hydrogen (secondary N) is 1. The summed E-state index contributed by atoms with van der Waals surface area (Å²) in [4.78, 5) is 28.4. The van der Waals surface area contributed by atoms with Crippen LogP contribution in [-0.2, 0) is 11.3 Å². The first-order chi connectivity index (χ1) is 16.7. The molecule has 5 rings (SSSR count). The Morgan fingerprint density at radius 3 is 2.57 bits per heavy atom. The standard InChI is InChI=1S/C28H33N3O4/c1-18(30-13-6-5-7-14-30)34-21-11-12-23-20(15-21)16-24(31(23)27(33)35-28(2,3)4)22-10-8-9-19-17-29-26(32)25(19)22/h8-12,15-16,18H,5-7,13-14,17H2,1-4H3,(H,29,32). The van der Waals surface area contributed by atoms with Crippen LogP contribution >= 0.6 is 0 Å². The van der Waals surface area contributed by atoms with Crippen molar-refractivity contribution in [1.29, 1.82) is 0 Å². The predicted molar refractivity (Wildman–Crippen MR) is 136 cm³/mol. The maximum atomic E-state index is 13.4. The number of rotatable bonds is 4. The third kappa shape index (κ3) is 4.65. The lowest BCUT2D eigenvalue weighted by molar-refractivity contribution is 0.0263. The third-order valence-corrected chi connectivity index (χ3v) is 6.65. The second-order valence-electron chi connectivity index (χ2n) is 10.4. The molecule has 7 nitrogen and oxygen atoms in total. The summed E-state index contributed by atoms with van der Waals surface area (Å²) in [5.74, 6) is 0.621. The lowest BCUT2D eigenvalue weighted by Crippen LogP contribution is -2.40. The molecule has 1 N–H and O–H groups in total. The molecule has 1 saturated heterocycles. The van der Waals surface area contributed by atoms with Crippen LogP contribution in [0.3, 0.4) is 0 Å². The molecule has 2 aliphatic rings. The molecule has 1 aromatic heterocycles. The zero-order chi connectivity index (χ0) is 24.7. The molecule has 2 aromatic carbocycles. The van der Waals surface area contributed by atoms with Crippen LogP contribution in [0.5, 0.6) is 5.75 Å². The largest absolute Gasteiger partial charge is 0.475 e. The quantitative estimate of drug-likeness (QED) is 0.536. The first-order valence-electron chi connectivity index (χ1n) is 12.4. The van der Waals surface area contributed by atoms with Crippen molar-refractivity contribution in [3.05, 3.63) is 53.6 Å². The van der Waals surface area contributed by atoms with Gasteiger partial charge in [0.2, 0.25) is 0 Å². The van der Waals surface area contributed by atoms with Crippen LogP contribution in [0.2, 0.25) is 0 Å². The number of likely N-dealkylation sites (tertiary alicyclic amines) is 1. The van der Waals surface area contributed by atoms with Crippen molar-refractivity contribution in [3.63, 3.8) is 0 Å². The maximum Gasteiger partial charge on any atom is 0.419 e. The third-order valence-electron chi connectivity index (χ3n) is 6.65. The van der Waals surface area contributed by atoms with Gasteiger partial charge in [-0.1, -0.05) is 24.6 Å². The molecular formula is C28H33N3O4. The highest BCUT2D eigenvalue weighted by molar-refractivity contribution is 6.06. The van der Waals surface area contributed by atoms with Gasteiger partial charge in [-0.25, -0.2) is 9.36 Å². The first kappa shape index (κ1) is 23.4. The molecule has 3 heterocycles. The number of amides is 1. The van der Waals surface area contributed by atoms with E-state index in [-0.39, 0.29) is 12.1 Å². The topological polar surface area (TPSA) is 72.8 Å². The Bertz CT molecular complexity index is 1280. The lowest BCUT2D eigenvalue weighted by Gasteiger charge is -2.32. The number of benzene rings is 2. The van der Waals surface area contributed by atoms with Gasteiger partial charge in [-0.3, -0.25) is 9.69 Å². The molecule has 0 saturated carbocycles. The van der Waals surface area contributed by atoms with E-state index >= 15 is 0 Å². The number of hydrogen-bond acceptors (Lipinski definition) is 5. The van der Waals surface area contributed by atoms with E-state index < -0.39 is 11.7 Å². The summed E-state index contributed by atoms with van der Waals surface area (Å²) in [7, 11) is 0. The maximum absolute atomic E-state index is 13.4. The zero-order valence-corrected chi connectivity index (χ0v) is 20.9. The van der Waals surface area contributed by atoms with Gasteiger partial charge in [0.25, 0.3) is 5.91 Å². The number of fused-ring (bicyclic) bond motifs is 2. The van der Waals surface area contributed by atoms with E-state index in [4.69, 9.17) is 9.47 Å². The predicted octanol–water partition coefficient (Wildman–Crippen LogP) is 5.55. The van der Waals surface area contributed by atoms with Gasteiger partial charge < -0.3 is 14.8 Å². The van der Waals surface area contributed by atoms with E-state index in [1.165, 1.54) is 19.3 Å². The highest BCUT2D eigenvalue weighted by Gasteiger charge is 2.28. The van der Waals surface area contributed by atoms with Crippen LogP contribution in [0, 0.1) is 0 Å². The summed E-state index contributed by atoms with van der Waals surface area (Å²) in [6, 6.07) is 13.4. The number of ether oxygens (including phenoxy) is 2. The molecule has 2 aliphatic heterocycles. The number of piperidine rings is 1. The van der Waals surface area contributed by atoms with E-state index in [0.29, 0.717) is 28.9 Å². The van der Waals surface area contributed by atoms with Crippen LogP contribution in [0.25, 0.3) is 22.2 Å². The van der Waals surface area contributed by atoms with E-state index in [0.717, 1.165) is 29.8 Å². The second kappa shape index (κ2) is 9.04. The molecule has 0 radical (unpaired) electrons. The Kier molecular flexibility index (Phi) is 6.05. The molecule has 0 bridgehead atoms. The molecule has 1 amide bonds. The van der Waals surface area contributed by atoms with Crippen LogP contribution in [0.4, 0.5) is 4.79 Å². The molecule has 184 valence electrons. The molecule has 35 heavy (non-hydrogen) atoms. The van der Waals surface area contributed by atoms with Gasteiger partial charge in [-0.05, 0) is 70.4 Å². The van der Waals surface area contributed by atoms with Crippen LogP contribution < -0.4 is 10.1 Å². The van der Waals surface area contributed by atoms with Crippen molar-refractivity contribution in [2.75, 3.05) is 13.1 Å². The van der Waals surface area contributed by atoms with Gasteiger partial charge in [0.15, 0.2) is 0 Å². The van der Waals surface area contributed by atoms with Crippen molar-refractivity contribution in [3.8, 4) is 17.0 Å². The molecule has 1 fully saturated rings. The van der Waals surface area contributed by atoms with Gasteiger partial charge in [-0.15, -0.1) is 0 Å². The number of aromatic nitrogens is 1. The smallest absolute Gasteiger partial charge is 0.419 e. The summed E-state index contributed by atoms with van der Waals surface area (Å²) >= 11 is 0. The van der Waals surface area contributed by atoms with Crippen molar-refractivity contribution in [2.24, 2.45) is 0 Å². The molecular weight excluding hydrogens is 442 g/mol. The average Bonchev–Trinajstić information content (AvgIpc) is 3.39.